The molecule has 2 aromatic heterocycles. The van der Waals surface area contributed by atoms with Crippen molar-refractivity contribution in [3.05, 3.63) is 11.6 Å². The van der Waals surface area contributed by atoms with Crippen molar-refractivity contribution >= 4 is 58.2 Å². The summed E-state index contributed by atoms with van der Waals surface area (Å²) in [6.45, 7) is 3.86. The summed E-state index contributed by atoms with van der Waals surface area (Å²) in [5.74, 6) is 0.972. The predicted molar refractivity (Wildman–Crippen MR) is 125 cm³/mol. The molecular formula is C18H26ClN5O4PS2+. The van der Waals surface area contributed by atoms with E-state index in [0.717, 1.165) is 12.2 Å². The molecule has 13 heteroatoms. The Morgan fingerprint density at radius 2 is 2.19 bits per heavy atom. The fraction of sp³-hybridized carbons (Fsp3) is 0.722. The normalized spacial score (nSPS) is 30.6. The summed E-state index contributed by atoms with van der Waals surface area (Å²) in [6.07, 6.45) is 3.08. The number of nitrogens with zero attached hydrogens (tertiary/aromatic N) is 4. The van der Waals surface area contributed by atoms with E-state index in [0.29, 0.717) is 17.6 Å². The van der Waals surface area contributed by atoms with Crippen LogP contribution in [0.5, 0.6) is 0 Å². The smallest absolute Gasteiger partial charge is 0.390 e. The third kappa shape index (κ3) is 4.30. The molecule has 4 rings (SSSR count). The van der Waals surface area contributed by atoms with E-state index < -0.39 is 37.3 Å². The van der Waals surface area contributed by atoms with E-state index >= 15 is 0 Å². The van der Waals surface area contributed by atoms with Gasteiger partial charge in [0.25, 0.3) is 0 Å². The molecule has 0 saturated heterocycles. The van der Waals surface area contributed by atoms with Crippen LogP contribution in [-0.2, 0) is 9.09 Å². The van der Waals surface area contributed by atoms with Crippen LogP contribution in [0.2, 0.25) is 5.28 Å². The van der Waals surface area contributed by atoms with Crippen molar-refractivity contribution in [2.45, 2.75) is 50.5 Å². The molecule has 0 amide bonds. The molecule has 2 aliphatic carbocycles. The van der Waals surface area contributed by atoms with Gasteiger partial charge in [0.15, 0.2) is 17.6 Å². The average Bonchev–Trinajstić information content (AvgIpc) is 3.14. The van der Waals surface area contributed by atoms with Crippen molar-refractivity contribution in [1.82, 2.24) is 19.5 Å². The highest BCUT2D eigenvalue weighted by Crippen LogP contribution is 2.70. The van der Waals surface area contributed by atoms with Crippen LogP contribution in [0.15, 0.2) is 6.33 Å². The Labute approximate surface area is 194 Å². The third-order valence-corrected chi connectivity index (χ3v) is 9.80. The van der Waals surface area contributed by atoms with E-state index in [1.54, 1.807) is 26.2 Å². The molecular weight excluding hydrogens is 481 g/mol. The van der Waals surface area contributed by atoms with Gasteiger partial charge in [-0.2, -0.15) is 9.97 Å². The lowest BCUT2D eigenvalue weighted by Crippen LogP contribution is -2.35. The number of halogens is 1. The van der Waals surface area contributed by atoms with Gasteiger partial charge in [-0.15, -0.1) is 4.52 Å². The van der Waals surface area contributed by atoms with Gasteiger partial charge in [0.2, 0.25) is 5.28 Å². The van der Waals surface area contributed by atoms with Crippen LogP contribution in [0.4, 0.5) is 5.82 Å². The molecule has 9 nitrogen and oxygen atoms in total. The first kappa shape index (κ1) is 23.5. The number of nitrogens with two attached hydrogens (primary N) is 1. The average molecular weight is 507 g/mol. The van der Waals surface area contributed by atoms with Gasteiger partial charge < -0.3 is 20.5 Å². The molecule has 2 aliphatic rings. The zero-order valence-electron chi connectivity index (χ0n) is 17.4. The fourth-order valence-corrected chi connectivity index (χ4v) is 8.04. The van der Waals surface area contributed by atoms with Gasteiger partial charge in [-0.25, -0.2) is 4.98 Å². The van der Waals surface area contributed by atoms with Gasteiger partial charge in [0.05, 0.1) is 23.9 Å². The minimum atomic E-state index is -2.00. The number of hydrogen-bond donors (Lipinski definition) is 3. The Bertz CT molecular complexity index is 1010. The number of fused-ring (bicyclic) bond motifs is 2. The molecule has 2 fully saturated rings. The molecule has 1 unspecified atom stereocenters. The standard InChI is InChI=1S/C18H26ClN5O4PS2/c1-17(2,4-5-31-30-3)28-29(27)7-18-6-9(18)11(12(25)13(18)26)24-8-21-10-14(20)22-16(19)23-15(10)24/h8-9,11-13,25-26H,4-7H2,1-3H3,(H2,20,22,23)/q+1/t9-,11-,12+,13+,18-/m1/s1. The van der Waals surface area contributed by atoms with Crippen molar-refractivity contribution in [3.8, 4) is 0 Å². The highest BCUT2D eigenvalue weighted by molar-refractivity contribution is 8.76. The van der Waals surface area contributed by atoms with Gasteiger partial charge in [-0.05, 0) is 55.0 Å². The van der Waals surface area contributed by atoms with Gasteiger partial charge >= 0.3 is 8.03 Å². The molecule has 0 aliphatic heterocycles. The van der Waals surface area contributed by atoms with E-state index in [1.165, 1.54) is 6.33 Å². The van der Waals surface area contributed by atoms with Crippen LogP contribution in [0, 0.1) is 11.3 Å². The first-order chi connectivity index (χ1) is 14.6. The first-order valence-electron chi connectivity index (χ1n) is 9.91. The quantitative estimate of drug-likeness (QED) is 0.201. The number of nitrogen functional groups attached to an aromatic ring is 1. The summed E-state index contributed by atoms with van der Waals surface area (Å²) >= 11 is 5.96. The van der Waals surface area contributed by atoms with E-state index in [4.69, 9.17) is 21.9 Å². The number of aliphatic hydroxyl groups is 2. The lowest BCUT2D eigenvalue weighted by molar-refractivity contribution is -0.0137. The van der Waals surface area contributed by atoms with E-state index in [2.05, 4.69) is 15.0 Å². The Morgan fingerprint density at radius 1 is 1.45 bits per heavy atom. The Balaban J connectivity index is 1.51. The second-order valence-electron chi connectivity index (χ2n) is 8.75. The lowest BCUT2D eigenvalue weighted by atomic mass is 10.0. The first-order valence-corrected chi connectivity index (χ1v) is 14.4. The SMILES string of the molecule is CSSCCC(C)(C)O[P+](=O)C[C@]12C[C@@H]1[C@@H](n1cnc3c(N)nc(Cl)nc31)[C@H](O)[C@@H]2O. The lowest BCUT2D eigenvalue weighted by Gasteiger charge is -2.23. The number of rotatable bonds is 9. The summed E-state index contributed by atoms with van der Waals surface area (Å²) in [6, 6.07) is -0.472. The van der Waals surface area contributed by atoms with E-state index in [9.17, 15) is 14.8 Å². The molecule has 0 spiro atoms. The number of imidazole rings is 1. The molecule has 31 heavy (non-hydrogen) atoms. The number of anilines is 1. The second-order valence-corrected chi connectivity index (χ2v) is 12.9. The molecule has 0 bridgehead atoms. The van der Waals surface area contributed by atoms with Gasteiger partial charge in [0.1, 0.15) is 17.2 Å². The zero-order chi connectivity index (χ0) is 22.6. The minimum absolute atomic E-state index is 0.0137. The predicted octanol–water partition coefficient (Wildman–Crippen LogP) is 3.28. The maximum Gasteiger partial charge on any atom is 0.509 e. The van der Waals surface area contributed by atoms with Crippen molar-refractivity contribution in [2.24, 2.45) is 11.3 Å². The number of hydrogen-bond acceptors (Lipinski definition) is 10. The Morgan fingerprint density at radius 3 is 2.90 bits per heavy atom. The summed E-state index contributed by atoms with van der Waals surface area (Å²) < 4.78 is 20.4. The Hall–Kier alpha value is -0.680. The number of aliphatic hydroxyl groups excluding tert-OH is 2. The largest absolute Gasteiger partial charge is 0.509 e. The summed E-state index contributed by atoms with van der Waals surface area (Å²) in [4.78, 5) is 12.4. The molecule has 0 aromatic carbocycles. The third-order valence-electron chi connectivity index (χ3n) is 6.27. The van der Waals surface area contributed by atoms with E-state index in [-0.39, 0.29) is 23.2 Å². The topological polar surface area (TPSA) is 136 Å². The van der Waals surface area contributed by atoms with Gasteiger partial charge in [0, 0.05) is 5.75 Å². The van der Waals surface area contributed by atoms with Crippen molar-refractivity contribution in [1.29, 1.82) is 0 Å². The van der Waals surface area contributed by atoms with Crippen LogP contribution in [0.1, 0.15) is 32.7 Å². The molecule has 2 aromatic rings. The monoisotopic (exact) mass is 506 g/mol. The summed E-state index contributed by atoms with van der Waals surface area (Å²) in [7, 11) is 1.42. The molecule has 6 atom stereocenters. The van der Waals surface area contributed by atoms with Crippen molar-refractivity contribution in [3.63, 3.8) is 0 Å². The number of aromatic nitrogens is 4. The molecule has 2 saturated carbocycles. The molecule has 0 radical (unpaired) electrons. The second kappa shape index (κ2) is 8.59. The van der Waals surface area contributed by atoms with Crippen molar-refractivity contribution < 1.29 is 19.3 Å². The molecule has 170 valence electrons. The fourth-order valence-electron chi connectivity index (χ4n) is 4.64. The van der Waals surface area contributed by atoms with Crippen LogP contribution in [0.3, 0.4) is 0 Å². The summed E-state index contributed by atoms with van der Waals surface area (Å²) in [5, 5.41) is 21.7. The van der Waals surface area contributed by atoms with Crippen LogP contribution in [-0.4, -0.2) is 65.7 Å². The van der Waals surface area contributed by atoms with Gasteiger partial charge in [-0.3, -0.25) is 0 Å². The van der Waals surface area contributed by atoms with Gasteiger partial charge in [-0.1, -0.05) is 21.6 Å². The molecule has 2 heterocycles. The van der Waals surface area contributed by atoms with E-state index in [1.807, 2.05) is 20.1 Å². The highest BCUT2D eigenvalue weighted by atomic mass is 35.5. The minimum Gasteiger partial charge on any atom is -0.390 e. The Kier molecular flexibility index (Phi) is 6.51. The van der Waals surface area contributed by atoms with Crippen molar-refractivity contribution in [2.75, 3.05) is 23.9 Å². The van der Waals surface area contributed by atoms with Crippen LogP contribution in [0.25, 0.3) is 11.2 Å². The molecule has 4 N–H and O–H groups in total. The maximum atomic E-state index is 12.9. The zero-order valence-corrected chi connectivity index (χ0v) is 20.7. The maximum absolute atomic E-state index is 12.9. The van der Waals surface area contributed by atoms with Crippen LogP contribution >= 0.6 is 41.2 Å². The van der Waals surface area contributed by atoms with Crippen LogP contribution < -0.4 is 5.73 Å². The summed E-state index contributed by atoms with van der Waals surface area (Å²) in [5.41, 5.74) is 5.51. The highest BCUT2D eigenvalue weighted by Gasteiger charge is 2.74.